The van der Waals surface area contributed by atoms with Gasteiger partial charge in [0.15, 0.2) is 0 Å². The second-order valence-corrected chi connectivity index (χ2v) is 7.34. The SMILES string of the molecule is CC(C)(C)Cc1ccc(N2C(=O)CN(c3ccccc3)C2=O)cc1. The number of carbonyl (C=O) groups is 2. The average Bonchev–Trinajstić information content (AvgIpc) is 2.83. The summed E-state index contributed by atoms with van der Waals surface area (Å²) in [5, 5.41) is 0. The fraction of sp³-hybridized carbons (Fsp3) is 0.300. The van der Waals surface area contributed by atoms with Crippen LogP contribution in [0.5, 0.6) is 0 Å². The van der Waals surface area contributed by atoms with Crippen molar-refractivity contribution >= 4 is 23.3 Å². The molecule has 0 aromatic heterocycles. The number of imide groups is 1. The van der Waals surface area contributed by atoms with Crippen LogP contribution in [-0.2, 0) is 11.2 Å². The molecule has 4 heteroatoms. The Labute approximate surface area is 142 Å². The van der Waals surface area contributed by atoms with E-state index in [1.54, 1.807) is 0 Å². The summed E-state index contributed by atoms with van der Waals surface area (Å²) in [6.45, 7) is 6.64. The minimum absolute atomic E-state index is 0.0760. The summed E-state index contributed by atoms with van der Waals surface area (Å²) in [6.07, 6.45) is 0.950. The summed E-state index contributed by atoms with van der Waals surface area (Å²) in [6, 6.07) is 16.7. The highest BCUT2D eigenvalue weighted by atomic mass is 16.2. The number of hydrogen-bond acceptors (Lipinski definition) is 2. The van der Waals surface area contributed by atoms with E-state index in [1.807, 2.05) is 54.6 Å². The molecule has 0 spiro atoms. The van der Waals surface area contributed by atoms with Crippen LogP contribution in [0.25, 0.3) is 0 Å². The smallest absolute Gasteiger partial charge is 0.284 e. The molecule has 4 nitrogen and oxygen atoms in total. The molecule has 1 fully saturated rings. The number of benzene rings is 2. The van der Waals surface area contributed by atoms with E-state index in [-0.39, 0.29) is 23.9 Å². The monoisotopic (exact) mass is 322 g/mol. The predicted molar refractivity (Wildman–Crippen MR) is 96.3 cm³/mol. The molecule has 124 valence electrons. The van der Waals surface area contributed by atoms with Crippen LogP contribution in [0.15, 0.2) is 54.6 Å². The van der Waals surface area contributed by atoms with E-state index >= 15 is 0 Å². The zero-order valence-corrected chi connectivity index (χ0v) is 14.3. The van der Waals surface area contributed by atoms with Gasteiger partial charge < -0.3 is 0 Å². The van der Waals surface area contributed by atoms with Crippen LogP contribution in [0.4, 0.5) is 16.2 Å². The van der Waals surface area contributed by atoms with Crippen molar-refractivity contribution < 1.29 is 9.59 Å². The third-order valence-electron chi connectivity index (χ3n) is 3.96. The molecule has 0 radical (unpaired) electrons. The highest BCUT2D eigenvalue weighted by Crippen LogP contribution is 2.27. The Balaban J connectivity index is 1.82. The first kappa shape index (κ1) is 16.2. The van der Waals surface area contributed by atoms with E-state index in [2.05, 4.69) is 20.8 Å². The summed E-state index contributed by atoms with van der Waals surface area (Å²) < 4.78 is 0. The predicted octanol–water partition coefficient (Wildman–Crippen LogP) is 4.25. The Bertz CT molecular complexity index is 745. The van der Waals surface area contributed by atoms with Crippen LogP contribution in [0, 0.1) is 5.41 Å². The highest BCUT2D eigenvalue weighted by molar-refractivity contribution is 6.26. The Hall–Kier alpha value is -2.62. The van der Waals surface area contributed by atoms with E-state index in [9.17, 15) is 9.59 Å². The minimum Gasteiger partial charge on any atom is -0.284 e. The number of para-hydroxylation sites is 1. The van der Waals surface area contributed by atoms with Crippen molar-refractivity contribution in [3.63, 3.8) is 0 Å². The van der Waals surface area contributed by atoms with Crippen LogP contribution in [0.2, 0.25) is 0 Å². The van der Waals surface area contributed by atoms with Crippen LogP contribution < -0.4 is 9.80 Å². The van der Waals surface area contributed by atoms with Gasteiger partial charge in [-0.15, -0.1) is 0 Å². The summed E-state index contributed by atoms with van der Waals surface area (Å²) in [7, 11) is 0. The average molecular weight is 322 g/mol. The molecule has 0 aliphatic carbocycles. The number of amides is 3. The lowest BCUT2D eigenvalue weighted by molar-refractivity contribution is -0.115. The highest BCUT2D eigenvalue weighted by Gasteiger charge is 2.37. The maximum Gasteiger partial charge on any atom is 0.336 e. The van der Waals surface area contributed by atoms with Gasteiger partial charge in [-0.3, -0.25) is 9.69 Å². The number of rotatable bonds is 3. The number of anilines is 2. The van der Waals surface area contributed by atoms with Crippen molar-refractivity contribution in [3.05, 3.63) is 60.2 Å². The molecule has 1 saturated heterocycles. The normalized spacial score (nSPS) is 15.3. The van der Waals surface area contributed by atoms with Crippen molar-refractivity contribution in [1.82, 2.24) is 0 Å². The van der Waals surface area contributed by atoms with Gasteiger partial charge in [0, 0.05) is 5.69 Å². The maximum absolute atomic E-state index is 12.7. The van der Waals surface area contributed by atoms with E-state index in [0.717, 1.165) is 12.1 Å². The lowest BCUT2D eigenvalue weighted by atomic mass is 9.88. The lowest BCUT2D eigenvalue weighted by Crippen LogP contribution is -2.32. The molecule has 0 N–H and O–H groups in total. The van der Waals surface area contributed by atoms with E-state index in [1.165, 1.54) is 15.4 Å². The summed E-state index contributed by atoms with van der Waals surface area (Å²) in [5.41, 5.74) is 2.76. The molecule has 0 bridgehead atoms. The molecule has 0 unspecified atom stereocenters. The van der Waals surface area contributed by atoms with Crippen LogP contribution in [0.3, 0.4) is 0 Å². The molecular weight excluding hydrogens is 300 g/mol. The van der Waals surface area contributed by atoms with Gasteiger partial charge in [0.2, 0.25) is 0 Å². The molecule has 2 aromatic rings. The van der Waals surface area contributed by atoms with Gasteiger partial charge in [-0.1, -0.05) is 51.1 Å². The number of carbonyl (C=O) groups excluding carboxylic acids is 2. The Morgan fingerprint density at radius 3 is 2.08 bits per heavy atom. The topological polar surface area (TPSA) is 40.6 Å². The zero-order chi connectivity index (χ0) is 17.3. The minimum atomic E-state index is -0.297. The Morgan fingerprint density at radius 1 is 0.875 bits per heavy atom. The molecule has 24 heavy (non-hydrogen) atoms. The third-order valence-corrected chi connectivity index (χ3v) is 3.96. The summed E-state index contributed by atoms with van der Waals surface area (Å²) >= 11 is 0. The zero-order valence-electron chi connectivity index (χ0n) is 14.3. The first-order chi connectivity index (χ1) is 11.3. The molecule has 1 aliphatic rings. The van der Waals surface area contributed by atoms with E-state index in [4.69, 9.17) is 0 Å². The van der Waals surface area contributed by atoms with E-state index < -0.39 is 0 Å². The first-order valence-electron chi connectivity index (χ1n) is 8.14. The van der Waals surface area contributed by atoms with Crippen molar-refractivity contribution in [2.24, 2.45) is 5.41 Å². The van der Waals surface area contributed by atoms with Gasteiger partial charge in [-0.2, -0.15) is 0 Å². The summed E-state index contributed by atoms with van der Waals surface area (Å²) in [5.74, 6) is -0.201. The largest absolute Gasteiger partial charge is 0.336 e. The maximum atomic E-state index is 12.7. The second kappa shape index (κ2) is 6.11. The lowest BCUT2D eigenvalue weighted by Gasteiger charge is -2.20. The molecular formula is C20H22N2O2. The van der Waals surface area contributed by atoms with Gasteiger partial charge in [0.25, 0.3) is 5.91 Å². The molecule has 3 amide bonds. The molecule has 1 aliphatic heterocycles. The number of nitrogens with zero attached hydrogens (tertiary/aromatic N) is 2. The van der Waals surface area contributed by atoms with Crippen molar-refractivity contribution in [1.29, 1.82) is 0 Å². The van der Waals surface area contributed by atoms with Crippen LogP contribution >= 0.6 is 0 Å². The van der Waals surface area contributed by atoms with Crippen LogP contribution in [-0.4, -0.2) is 18.5 Å². The molecule has 0 atom stereocenters. The van der Waals surface area contributed by atoms with Crippen molar-refractivity contribution in [2.45, 2.75) is 27.2 Å². The Morgan fingerprint density at radius 2 is 1.50 bits per heavy atom. The number of hydrogen-bond donors (Lipinski definition) is 0. The summed E-state index contributed by atoms with van der Waals surface area (Å²) in [4.78, 5) is 27.8. The third kappa shape index (κ3) is 3.32. The van der Waals surface area contributed by atoms with Gasteiger partial charge in [0.1, 0.15) is 6.54 Å². The van der Waals surface area contributed by atoms with Gasteiger partial charge in [-0.05, 0) is 41.7 Å². The standard InChI is InChI=1S/C20H22N2O2/c1-20(2,3)13-15-9-11-17(12-10-15)22-18(23)14-21(19(22)24)16-7-5-4-6-8-16/h4-12H,13-14H2,1-3H3. The second-order valence-electron chi connectivity index (χ2n) is 7.34. The fourth-order valence-electron chi connectivity index (χ4n) is 2.94. The molecule has 1 heterocycles. The molecule has 0 saturated carbocycles. The molecule has 2 aromatic carbocycles. The Kier molecular flexibility index (Phi) is 4.14. The number of urea groups is 1. The molecule has 3 rings (SSSR count). The van der Waals surface area contributed by atoms with Crippen molar-refractivity contribution in [2.75, 3.05) is 16.3 Å². The van der Waals surface area contributed by atoms with Gasteiger partial charge in [-0.25, -0.2) is 9.69 Å². The van der Waals surface area contributed by atoms with E-state index in [0.29, 0.717) is 5.69 Å². The van der Waals surface area contributed by atoms with Gasteiger partial charge in [0.05, 0.1) is 5.69 Å². The first-order valence-corrected chi connectivity index (χ1v) is 8.14. The quantitative estimate of drug-likeness (QED) is 0.793. The van der Waals surface area contributed by atoms with Crippen LogP contribution in [0.1, 0.15) is 26.3 Å². The fourth-order valence-corrected chi connectivity index (χ4v) is 2.94. The van der Waals surface area contributed by atoms with Crippen molar-refractivity contribution in [3.8, 4) is 0 Å². The van der Waals surface area contributed by atoms with Gasteiger partial charge >= 0.3 is 6.03 Å².